The highest BCUT2D eigenvalue weighted by molar-refractivity contribution is 6.06. The van der Waals surface area contributed by atoms with Crippen LogP contribution in [0.1, 0.15) is 40.0 Å². The van der Waals surface area contributed by atoms with E-state index in [1.54, 1.807) is 20.8 Å². The molecule has 0 aliphatic carbocycles. The van der Waals surface area contributed by atoms with Crippen molar-refractivity contribution >= 4 is 17.9 Å². The van der Waals surface area contributed by atoms with Gasteiger partial charge >= 0.3 is 6.09 Å². The SMILES string of the molecule is CC(C)(C)OC(=O)N1CCC[C@@]2(CC(=O)NC2=O)C1. The van der Waals surface area contributed by atoms with Crippen LogP contribution in [0.5, 0.6) is 0 Å². The van der Waals surface area contributed by atoms with Gasteiger partial charge in [-0.25, -0.2) is 4.79 Å². The van der Waals surface area contributed by atoms with Crippen LogP contribution in [0.2, 0.25) is 0 Å². The van der Waals surface area contributed by atoms with E-state index in [9.17, 15) is 14.4 Å². The van der Waals surface area contributed by atoms with Crippen molar-refractivity contribution in [2.24, 2.45) is 5.41 Å². The molecule has 0 aromatic rings. The van der Waals surface area contributed by atoms with Gasteiger partial charge in [0.15, 0.2) is 0 Å². The van der Waals surface area contributed by atoms with Gasteiger partial charge in [-0.3, -0.25) is 14.9 Å². The monoisotopic (exact) mass is 268 g/mol. The van der Waals surface area contributed by atoms with E-state index in [1.165, 1.54) is 4.90 Å². The second-order valence-corrected chi connectivity index (χ2v) is 6.34. The summed E-state index contributed by atoms with van der Waals surface area (Å²) >= 11 is 0. The molecule has 19 heavy (non-hydrogen) atoms. The van der Waals surface area contributed by atoms with E-state index in [1.807, 2.05) is 0 Å². The minimum atomic E-state index is -0.744. The van der Waals surface area contributed by atoms with E-state index in [0.29, 0.717) is 19.4 Å². The van der Waals surface area contributed by atoms with Crippen molar-refractivity contribution in [1.82, 2.24) is 10.2 Å². The molecule has 1 N–H and O–H groups in total. The summed E-state index contributed by atoms with van der Waals surface area (Å²) in [6.45, 7) is 6.24. The van der Waals surface area contributed by atoms with Crippen molar-refractivity contribution in [2.75, 3.05) is 13.1 Å². The van der Waals surface area contributed by atoms with Crippen LogP contribution in [0.3, 0.4) is 0 Å². The zero-order valence-corrected chi connectivity index (χ0v) is 11.6. The molecule has 1 spiro atoms. The summed E-state index contributed by atoms with van der Waals surface area (Å²) in [4.78, 5) is 36.8. The predicted molar refractivity (Wildman–Crippen MR) is 67.2 cm³/mol. The lowest BCUT2D eigenvalue weighted by atomic mass is 9.78. The van der Waals surface area contributed by atoms with Crippen LogP contribution in [0, 0.1) is 5.41 Å². The average Bonchev–Trinajstić information content (AvgIpc) is 2.51. The highest BCUT2D eigenvalue weighted by Gasteiger charge is 2.50. The number of ether oxygens (including phenoxy) is 1. The summed E-state index contributed by atoms with van der Waals surface area (Å²) in [7, 11) is 0. The van der Waals surface area contributed by atoms with E-state index in [2.05, 4.69) is 5.32 Å². The van der Waals surface area contributed by atoms with Gasteiger partial charge in [-0.2, -0.15) is 0 Å². The summed E-state index contributed by atoms with van der Waals surface area (Å²) in [6, 6.07) is 0. The first kappa shape index (κ1) is 13.8. The molecule has 0 bridgehead atoms. The first-order valence-electron chi connectivity index (χ1n) is 6.54. The number of piperidine rings is 1. The van der Waals surface area contributed by atoms with Gasteiger partial charge in [0, 0.05) is 19.5 Å². The van der Waals surface area contributed by atoms with Crippen LogP contribution in [0.4, 0.5) is 4.79 Å². The van der Waals surface area contributed by atoms with Crippen LogP contribution in [-0.4, -0.2) is 41.5 Å². The van der Waals surface area contributed by atoms with Crippen LogP contribution in [-0.2, 0) is 14.3 Å². The molecule has 6 nitrogen and oxygen atoms in total. The molecule has 2 aliphatic rings. The van der Waals surface area contributed by atoms with E-state index in [-0.39, 0.29) is 24.8 Å². The minimum Gasteiger partial charge on any atom is -0.444 e. The number of nitrogens with zero attached hydrogens (tertiary/aromatic N) is 1. The van der Waals surface area contributed by atoms with Crippen LogP contribution >= 0.6 is 0 Å². The third-order valence-electron chi connectivity index (χ3n) is 3.46. The maximum absolute atomic E-state index is 12.0. The minimum absolute atomic E-state index is 0.172. The number of hydrogen-bond donors (Lipinski definition) is 1. The van der Waals surface area contributed by atoms with Crippen molar-refractivity contribution in [3.8, 4) is 0 Å². The van der Waals surface area contributed by atoms with E-state index < -0.39 is 17.1 Å². The Bertz CT molecular complexity index is 427. The number of hydrogen-bond acceptors (Lipinski definition) is 4. The molecule has 0 aromatic heterocycles. The molecule has 2 aliphatic heterocycles. The van der Waals surface area contributed by atoms with Crippen LogP contribution in [0.15, 0.2) is 0 Å². The lowest BCUT2D eigenvalue weighted by Crippen LogP contribution is -2.50. The molecule has 2 heterocycles. The van der Waals surface area contributed by atoms with Crippen molar-refractivity contribution < 1.29 is 19.1 Å². The number of nitrogens with one attached hydrogen (secondary N) is 1. The van der Waals surface area contributed by atoms with E-state index >= 15 is 0 Å². The predicted octanol–water partition coefficient (Wildman–Crippen LogP) is 1.05. The Morgan fingerprint density at radius 3 is 2.58 bits per heavy atom. The fraction of sp³-hybridized carbons (Fsp3) is 0.769. The fourth-order valence-corrected chi connectivity index (χ4v) is 2.63. The zero-order chi connectivity index (χ0) is 14.3. The average molecular weight is 268 g/mol. The van der Waals surface area contributed by atoms with Gasteiger partial charge in [-0.1, -0.05) is 0 Å². The lowest BCUT2D eigenvalue weighted by Gasteiger charge is -2.38. The van der Waals surface area contributed by atoms with Gasteiger partial charge in [0.25, 0.3) is 0 Å². The van der Waals surface area contributed by atoms with Gasteiger partial charge in [-0.15, -0.1) is 0 Å². The normalized spacial score (nSPS) is 27.6. The quantitative estimate of drug-likeness (QED) is 0.666. The Kier molecular flexibility index (Phi) is 3.28. The molecule has 1 atom stereocenters. The Hall–Kier alpha value is -1.59. The highest BCUT2D eigenvalue weighted by Crippen LogP contribution is 2.37. The smallest absolute Gasteiger partial charge is 0.410 e. The van der Waals surface area contributed by atoms with Crippen molar-refractivity contribution in [2.45, 2.75) is 45.6 Å². The number of carbonyl (C=O) groups excluding carboxylic acids is 3. The number of carbonyl (C=O) groups is 3. The maximum Gasteiger partial charge on any atom is 0.410 e. The summed E-state index contributed by atoms with van der Waals surface area (Å²) in [5.41, 5.74) is -1.30. The molecule has 3 amide bonds. The molecule has 106 valence electrons. The first-order chi connectivity index (χ1) is 8.72. The molecule has 0 unspecified atom stereocenters. The number of likely N-dealkylation sites (tertiary alicyclic amines) is 1. The third-order valence-corrected chi connectivity index (χ3v) is 3.46. The zero-order valence-electron chi connectivity index (χ0n) is 11.6. The lowest BCUT2D eigenvalue weighted by molar-refractivity contribution is -0.130. The second-order valence-electron chi connectivity index (χ2n) is 6.34. The molecule has 2 saturated heterocycles. The molecular weight excluding hydrogens is 248 g/mol. The molecular formula is C13H20N2O4. The standard InChI is InChI=1S/C13H20N2O4/c1-12(2,3)19-11(18)15-6-4-5-13(8-15)7-9(16)14-10(13)17/h4-8H2,1-3H3,(H,14,16,17)/t13-/m1/s1. The summed E-state index contributed by atoms with van der Waals surface area (Å²) in [6.07, 6.45) is 1.10. The Balaban J connectivity index is 2.07. The van der Waals surface area contributed by atoms with E-state index in [4.69, 9.17) is 4.74 Å². The van der Waals surface area contributed by atoms with Crippen molar-refractivity contribution in [3.63, 3.8) is 0 Å². The van der Waals surface area contributed by atoms with Gasteiger partial charge < -0.3 is 9.64 Å². The Morgan fingerprint density at radius 2 is 2.05 bits per heavy atom. The Labute approximate surface area is 112 Å². The second kappa shape index (κ2) is 4.51. The topological polar surface area (TPSA) is 75.7 Å². The van der Waals surface area contributed by atoms with Gasteiger partial charge in [0.05, 0.1) is 5.41 Å². The molecule has 0 aromatic carbocycles. The summed E-state index contributed by atoms with van der Waals surface area (Å²) in [5.74, 6) is -0.512. The van der Waals surface area contributed by atoms with Crippen LogP contribution in [0.25, 0.3) is 0 Å². The largest absolute Gasteiger partial charge is 0.444 e. The van der Waals surface area contributed by atoms with E-state index in [0.717, 1.165) is 0 Å². The van der Waals surface area contributed by atoms with Crippen molar-refractivity contribution in [3.05, 3.63) is 0 Å². The molecule has 2 rings (SSSR count). The molecule has 2 fully saturated rings. The van der Waals surface area contributed by atoms with Gasteiger partial charge in [0.1, 0.15) is 5.60 Å². The van der Waals surface area contributed by atoms with Gasteiger partial charge in [0.2, 0.25) is 11.8 Å². The fourth-order valence-electron chi connectivity index (χ4n) is 2.63. The highest BCUT2D eigenvalue weighted by atomic mass is 16.6. The van der Waals surface area contributed by atoms with Crippen LogP contribution < -0.4 is 5.32 Å². The number of imide groups is 1. The molecule has 0 saturated carbocycles. The first-order valence-corrected chi connectivity index (χ1v) is 6.54. The summed E-state index contributed by atoms with van der Waals surface area (Å²) in [5, 5.41) is 2.33. The van der Waals surface area contributed by atoms with Crippen molar-refractivity contribution in [1.29, 1.82) is 0 Å². The third kappa shape index (κ3) is 2.88. The Morgan fingerprint density at radius 1 is 1.37 bits per heavy atom. The molecule has 6 heteroatoms. The molecule has 0 radical (unpaired) electrons. The number of rotatable bonds is 0. The maximum atomic E-state index is 12.0. The van der Waals surface area contributed by atoms with Gasteiger partial charge in [-0.05, 0) is 33.6 Å². The summed E-state index contributed by atoms with van der Waals surface area (Å²) < 4.78 is 5.31. The number of amides is 3.